The average Bonchev–Trinajstić information content (AvgIpc) is 2.87. The Kier molecular flexibility index (Phi) is 5.55. The SMILES string of the molecule is COCCC1(C(=O)N2CCC3(CCNC3)CC2)CCC1.Cl. The van der Waals surface area contributed by atoms with E-state index in [0.29, 0.717) is 17.9 Å². The summed E-state index contributed by atoms with van der Waals surface area (Å²) in [6.45, 7) is 4.97. The number of piperidine rings is 1. The van der Waals surface area contributed by atoms with Crippen LogP contribution in [0.5, 0.6) is 0 Å². The van der Waals surface area contributed by atoms with Crippen LogP contribution in [0, 0.1) is 10.8 Å². The molecule has 122 valence electrons. The third-order valence-corrected chi connectivity index (χ3v) is 5.99. The summed E-state index contributed by atoms with van der Waals surface area (Å²) in [5, 5.41) is 3.49. The second-order valence-corrected chi connectivity index (χ2v) is 7.10. The maximum atomic E-state index is 12.9. The molecule has 21 heavy (non-hydrogen) atoms. The summed E-state index contributed by atoms with van der Waals surface area (Å²) in [4.78, 5) is 15.0. The highest BCUT2D eigenvalue weighted by Gasteiger charge is 2.47. The third-order valence-electron chi connectivity index (χ3n) is 5.99. The molecule has 1 spiro atoms. The Hall–Kier alpha value is -0.320. The zero-order valence-electron chi connectivity index (χ0n) is 13.2. The molecule has 0 aromatic heterocycles. The molecular weight excluding hydrogens is 288 g/mol. The molecule has 0 atom stereocenters. The third kappa shape index (κ3) is 3.22. The highest BCUT2D eigenvalue weighted by atomic mass is 35.5. The normalized spacial score (nSPS) is 26.2. The van der Waals surface area contributed by atoms with E-state index in [9.17, 15) is 4.79 Å². The number of carbonyl (C=O) groups excluding carboxylic acids is 1. The van der Waals surface area contributed by atoms with E-state index in [1.165, 1.54) is 25.7 Å². The number of carbonyl (C=O) groups is 1. The van der Waals surface area contributed by atoms with Crippen LogP contribution in [0.15, 0.2) is 0 Å². The maximum absolute atomic E-state index is 12.9. The van der Waals surface area contributed by atoms with E-state index in [2.05, 4.69) is 10.2 Å². The van der Waals surface area contributed by atoms with Crippen molar-refractivity contribution in [3.8, 4) is 0 Å². The zero-order chi connectivity index (χ0) is 14.1. The summed E-state index contributed by atoms with van der Waals surface area (Å²) in [6, 6.07) is 0. The van der Waals surface area contributed by atoms with Crippen LogP contribution in [0.3, 0.4) is 0 Å². The minimum atomic E-state index is -0.0750. The molecule has 2 heterocycles. The zero-order valence-corrected chi connectivity index (χ0v) is 14.0. The number of nitrogens with one attached hydrogen (secondary N) is 1. The maximum Gasteiger partial charge on any atom is 0.228 e. The number of ether oxygens (including phenoxy) is 1. The highest BCUT2D eigenvalue weighted by molar-refractivity contribution is 5.85. The largest absolute Gasteiger partial charge is 0.385 e. The van der Waals surface area contributed by atoms with E-state index in [4.69, 9.17) is 4.74 Å². The Labute approximate surface area is 134 Å². The smallest absolute Gasteiger partial charge is 0.228 e. The fourth-order valence-corrected chi connectivity index (χ4v) is 4.21. The predicted molar refractivity (Wildman–Crippen MR) is 85.8 cm³/mol. The van der Waals surface area contributed by atoms with Crippen LogP contribution < -0.4 is 5.32 Å². The van der Waals surface area contributed by atoms with Crippen LogP contribution in [0.2, 0.25) is 0 Å². The molecule has 3 fully saturated rings. The lowest BCUT2D eigenvalue weighted by molar-refractivity contribution is -0.151. The minimum Gasteiger partial charge on any atom is -0.385 e. The van der Waals surface area contributed by atoms with E-state index in [0.717, 1.165) is 45.4 Å². The number of halogens is 1. The second-order valence-electron chi connectivity index (χ2n) is 7.10. The number of hydrogen-bond donors (Lipinski definition) is 1. The first-order valence-corrected chi connectivity index (χ1v) is 8.19. The van der Waals surface area contributed by atoms with Crippen LogP contribution in [-0.4, -0.2) is 50.7 Å². The van der Waals surface area contributed by atoms with Crippen molar-refractivity contribution in [1.82, 2.24) is 10.2 Å². The van der Waals surface area contributed by atoms with Crippen molar-refractivity contribution >= 4 is 18.3 Å². The van der Waals surface area contributed by atoms with Crippen molar-refractivity contribution in [3.63, 3.8) is 0 Å². The fourth-order valence-electron chi connectivity index (χ4n) is 4.21. The van der Waals surface area contributed by atoms with Crippen molar-refractivity contribution in [1.29, 1.82) is 0 Å². The van der Waals surface area contributed by atoms with Gasteiger partial charge in [-0.2, -0.15) is 0 Å². The Morgan fingerprint density at radius 1 is 1.19 bits per heavy atom. The Morgan fingerprint density at radius 3 is 2.38 bits per heavy atom. The molecule has 1 N–H and O–H groups in total. The number of methoxy groups -OCH3 is 1. The van der Waals surface area contributed by atoms with Crippen molar-refractivity contribution in [3.05, 3.63) is 0 Å². The molecule has 3 aliphatic rings. The van der Waals surface area contributed by atoms with Gasteiger partial charge in [0.2, 0.25) is 5.91 Å². The van der Waals surface area contributed by atoms with Crippen LogP contribution >= 0.6 is 12.4 Å². The molecule has 1 saturated carbocycles. The molecule has 5 heteroatoms. The molecule has 1 aliphatic carbocycles. The van der Waals surface area contributed by atoms with Gasteiger partial charge in [-0.1, -0.05) is 6.42 Å². The minimum absolute atomic E-state index is 0. The van der Waals surface area contributed by atoms with Gasteiger partial charge in [-0.15, -0.1) is 12.4 Å². The molecule has 0 unspecified atom stereocenters. The van der Waals surface area contributed by atoms with E-state index in [1.807, 2.05) is 0 Å². The molecule has 2 aliphatic heterocycles. The van der Waals surface area contributed by atoms with Gasteiger partial charge in [0.25, 0.3) is 0 Å². The van der Waals surface area contributed by atoms with E-state index < -0.39 is 0 Å². The molecule has 0 aromatic rings. The summed E-state index contributed by atoms with van der Waals surface area (Å²) in [6.07, 6.45) is 7.92. The lowest BCUT2D eigenvalue weighted by atomic mass is 9.65. The van der Waals surface area contributed by atoms with Crippen molar-refractivity contribution in [2.75, 3.05) is 39.9 Å². The van der Waals surface area contributed by atoms with Crippen LogP contribution in [0.25, 0.3) is 0 Å². The molecule has 4 nitrogen and oxygen atoms in total. The summed E-state index contributed by atoms with van der Waals surface area (Å²) in [5.41, 5.74) is 0.421. The van der Waals surface area contributed by atoms with Gasteiger partial charge < -0.3 is 15.0 Å². The average molecular weight is 317 g/mol. The van der Waals surface area contributed by atoms with E-state index in [-0.39, 0.29) is 17.8 Å². The second kappa shape index (κ2) is 6.84. The van der Waals surface area contributed by atoms with Gasteiger partial charge in [0.15, 0.2) is 0 Å². The molecule has 0 bridgehead atoms. The number of nitrogens with zero attached hydrogens (tertiary/aromatic N) is 1. The number of hydrogen-bond acceptors (Lipinski definition) is 3. The lowest BCUT2D eigenvalue weighted by Gasteiger charge is -2.47. The topological polar surface area (TPSA) is 41.6 Å². The molecular formula is C16H29ClN2O2. The van der Waals surface area contributed by atoms with Crippen LogP contribution in [-0.2, 0) is 9.53 Å². The van der Waals surface area contributed by atoms with Crippen LogP contribution in [0.1, 0.15) is 44.9 Å². The van der Waals surface area contributed by atoms with Gasteiger partial charge in [-0.05, 0) is 50.5 Å². The summed E-state index contributed by atoms with van der Waals surface area (Å²) < 4.78 is 5.21. The predicted octanol–water partition coefficient (Wildman–Crippen LogP) is 2.22. The van der Waals surface area contributed by atoms with Gasteiger partial charge in [0.05, 0.1) is 5.41 Å². The quantitative estimate of drug-likeness (QED) is 0.864. The molecule has 3 rings (SSSR count). The van der Waals surface area contributed by atoms with Gasteiger partial charge in [0, 0.05) is 33.4 Å². The molecule has 1 amide bonds. The van der Waals surface area contributed by atoms with Crippen molar-refractivity contribution in [2.45, 2.75) is 44.9 Å². The van der Waals surface area contributed by atoms with Gasteiger partial charge in [0.1, 0.15) is 0 Å². The van der Waals surface area contributed by atoms with Gasteiger partial charge >= 0.3 is 0 Å². The molecule has 0 radical (unpaired) electrons. The van der Waals surface area contributed by atoms with E-state index in [1.54, 1.807) is 7.11 Å². The summed E-state index contributed by atoms with van der Waals surface area (Å²) in [5.74, 6) is 0.418. The summed E-state index contributed by atoms with van der Waals surface area (Å²) >= 11 is 0. The number of amides is 1. The highest BCUT2D eigenvalue weighted by Crippen LogP contribution is 2.47. The van der Waals surface area contributed by atoms with Gasteiger partial charge in [-0.25, -0.2) is 0 Å². The van der Waals surface area contributed by atoms with E-state index >= 15 is 0 Å². The van der Waals surface area contributed by atoms with Crippen molar-refractivity contribution < 1.29 is 9.53 Å². The first kappa shape index (κ1) is 17.0. The Balaban J connectivity index is 0.00000161. The summed E-state index contributed by atoms with van der Waals surface area (Å²) in [7, 11) is 1.73. The molecule has 0 aromatic carbocycles. The monoisotopic (exact) mass is 316 g/mol. The van der Waals surface area contributed by atoms with Crippen molar-refractivity contribution in [2.24, 2.45) is 10.8 Å². The fraction of sp³-hybridized carbons (Fsp3) is 0.938. The number of likely N-dealkylation sites (tertiary alicyclic amines) is 1. The molecule has 2 saturated heterocycles. The standard InChI is InChI=1S/C16H28N2O2.ClH/c1-20-12-8-16(3-2-4-16)14(19)18-10-6-15(7-11-18)5-9-17-13-15;/h17H,2-13H2,1H3;1H. The number of rotatable bonds is 4. The first-order valence-electron chi connectivity index (χ1n) is 8.19. The first-order chi connectivity index (χ1) is 9.70. The lowest BCUT2D eigenvalue weighted by Crippen LogP contribution is -2.52. The Bertz CT molecular complexity index is 355. The Morgan fingerprint density at radius 2 is 1.90 bits per heavy atom. The van der Waals surface area contributed by atoms with Crippen LogP contribution in [0.4, 0.5) is 0 Å². The van der Waals surface area contributed by atoms with Gasteiger partial charge in [-0.3, -0.25) is 4.79 Å².